The summed E-state index contributed by atoms with van der Waals surface area (Å²) in [6, 6.07) is 12.2. The van der Waals surface area contributed by atoms with Gasteiger partial charge in [-0.25, -0.2) is 0 Å². The number of esters is 1. The Morgan fingerprint density at radius 1 is 1.00 bits per heavy atom. The van der Waals surface area contributed by atoms with Crippen molar-refractivity contribution in [2.24, 2.45) is 0 Å². The maximum absolute atomic E-state index is 13.0. The Balaban J connectivity index is 2.01. The van der Waals surface area contributed by atoms with Crippen LogP contribution in [-0.4, -0.2) is 29.1 Å². The van der Waals surface area contributed by atoms with Gasteiger partial charge < -0.3 is 0 Å². The van der Waals surface area contributed by atoms with E-state index in [0.29, 0.717) is 18.4 Å². The third-order valence-corrected chi connectivity index (χ3v) is 4.60. The van der Waals surface area contributed by atoms with Crippen molar-refractivity contribution in [2.75, 3.05) is 0 Å². The number of phenolic OH excluding ortho intramolecular Hbond substituents is 2. The van der Waals surface area contributed by atoms with E-state index in [-0.39, 0.29) is 17.1 Å². The zero-order valence-corrected chi connectivity index (χ0v) is 15.7. The molecule has 0 amide bonds. The van der Waals surface area contributed by atoms with E-state index in [1.165, 1.54) is 6.07 Å². The van der Waals surface area contributed by atoms with Crippen molar-refractivity contribution in [3.8, 4) is 11.5 Å². The summed E-state index contributed by atoms with van der Waals surface area (Å²) in [6.07, 6.45) is 10.2. The number of rotatable bonds is 1. The molecule has 1 unspecified atom stereocenters. The number of ether oxygens (including phenoxy) is 1. The molecule has 142 valence electrons. The molecule has 1 atom stereocenters. The number of hydrogen-bond donors (Lipinski definition) is 2. The van der Waals surface area contributed by atoms with E-state index < -0.39 is 12.1 Å². The molecule has 1 aliphatic heterocycles. The number of carbonyl (C=O) groups is 1. The molecule has 0 fully saturated rings. The van der Waals surface area contributed by atoms with Crippen molar-refractivity contribution in [3.63, 3.8) is 0 Å². The van der Waals surface area contributed by atoms with Crippen LogP contribution in [0.1, 0.15) is 46.9 Å². The van der Waals surface area contributed by atoms with Crippen LogP contribution < -0.4 is 0 Å². The van der Waals surface area contributed by atoms with Crippen LogP contribution in [0.25, 0.3) is 0 Å². The van der Waals surface area contributed by atoms with E-state index in [0.717, 1.165) is 29.9 Å². The molecule has 1 heterocycles. The fourth-order valence-electron chi connectivity index (χ4n) is 3.24. The van der Waals surface area contributed by atoms with E-state index in [1.807, 2.05) is 48.6 Å². The first kappa shape index (κ1) is 19.7. The van der Waals surface area contributed by atoms with Crippen molar-refractivity contribution in [1.82, 2.24) is 0 Å². The van der Waals surface area contributed by atoms with E-state index in [1.54, 1.807) is 0 Å². The minimum absolute atomic E-state index is 0.0642. The normalized spacial score (nSPS) is 20.5. The second kappa shape index (κ2) is 9.22. The number of cyclic esters (lactones) is 1. The van der Waals surface area contributed by atoms with Gasteiger partial charge in [0, 0.05) is 0 Å². The summed E-state index contributed by atoms with van der Waals surface area (Å²) >= 11 is 0. The Bertz CT molecular complexity index is 916. The minimum atomic E-state index is -0.622. The number of hydrogen-bond acceptors (Lipinski definition) is 4. The van der Waals surface area contributed by atoms with Crippen LogP contribution in [0.2, 0.25) is 0 Å². The molecule has 0 spiro atoms. The fourth-order valence-corrected chi connectivity index (χ4v) is 3.24. The molecule has 28 heavy (non-hydrogen) atoms. The molecule has 2 aromatic rings. The van der Waals surface area contributed by atoms with Gasteiger partial charge in [-0.1, -0.05) is 0 Å². The summed E-state index contributed by atoms with van der Waals surface area (Å²) in [6.45, 7) is 0. The molecular weight excluding hydrogens is 351 g/mol. The molecule has 0 radical (unpaired) electrons. The molecule has 0 saturated carbocycles. The van der Waals surface area contributed by atoms with Gasteiger partial charge in [0.25, 0.3) is 0 Å². The van der Waals surface area contributed by atoms with Gasteiger partial charge in [0.2, 0.25) is 0 Å². The Morgan fingerprint density at radius 3 is 2.54 bits per heavy atom. The predicted molar refractivity (Wildman–Crippen MR) is 112 cm³/mol. The molecule has 0 aliphatic carbocycles. The molecule has 2 N–H and O–H groups in total. The van der Waals surface area contributed by atoms with Gasteiger partial charge in [0.1, 0.15) is 0 Å². The SMILES string of the molecule is B=C1/C=C/CC/C=C/CC(c2ccccc2)OC(=O)c2c(O)cc(O)cc2C1. The summed E-state index contributed by atoms with van der Waals surface area (Å²) in [4.78, 5) is 13.0. The topological polar surface area (TPSA) is 66.8 Å². The molecular formula is C23H23BO4. The summed E-state index contributed by atoms with van der Waals surface area (Å²) in [5.74, 6) is -1.03. The van der Waals surface area contributed by atoms with Gasteiger partial charge in [-0.2, -0.15) is 0 Å². The first-order chi connectivity index (χ1) is 13.5. The van der Waals surface area contributed by atoms with Gasteiger partial charge in [0.05, 0.1) is 0 Å². The molecule has 4 nitrogen and oxygen atoms in total. The molecule has 0 saturated heterocycles. The Kier molecular flexibility index (Phi) is 6.48. The number of aromatic hydroxyl groups is 2. The van der Waals surface area contributed by atoms with E-state index in [4.69, 9.17) is 4.74 Å². The van der Waals surface area contributed by atoms with Crippen LogP contribution in [0.4, 0.5) is 0 Å². The van der Waals surface area contributed by atoms with Crippen LogP contribution in [0.5, 0.6) is 11.5 Å². The average molecular weight is 374 g/mol. The third kappa shape index (κ3) is 5.00. The van der Waals surface area contributed by atoms with Crippen molar-refractivity contribution in [2.45, 2.75) is 31.8 Å². The van der Waals surface area contributed by atoms with Crippen LogP contribution >= 0.6 is 0 Å². The van der Waals surface area contributed by atoms with Crippen molar-refractivity contribution in [1.29, 1.82) is 0 Å². The average Bonchev–Trinajstić information content (AvgIpc) is 2.65. The van der Waals surface area contributed by atoms with Crippen LogP contribution in [-0.2, 0) is 11.2 Å². The van der Waals surface area contributed by atoms with Crippen molar-refractivity contribution in [3.05, 3.63) is 83.5 Å². The molecule has 2 aromatic carbocycles. The molecule has 3 rings (SSSR count). The van der Waals surface area contributed by atoms with E-state index >= 15 is 0 Å². The third-order valence-electron chi connectivity index (χ3n) is 4.60. The molecule has 1 aliphatic rings. The van der Waals surface area contributed by atoms with Crippen LogP contribution in [0.3, 0.4) is 0 Å². The Labute approximate surface area is 165 Å². The summed E-state index contributed by atoms with van der Waals surface area (Å²) < 4.78 is 5.78. The predicted octanol–water partition coefficient (Wildman–Crippen LogP) is 3.91. The second-order valence-corrected chi connectivity index (χ2v) is 6.83. The standard InChI is InChI=1S/C23H23BO4/c24-18-11-7-2-1-3-8-12-21(16-9-5-4-6-10-16)28-23(27)22-17(13-18)14-19(25)15-20(22)26/h3-11,14-15,21,24-26H,1-2,12-13H2/b8-3+,11-7+. The monoisotopic (exact) mass is 374 g/mol. The van der Waals surface area contributed by atoms with E-state index in [2.05, 4.69) is 13.6 Å². The van der Waals surface area contributed by atoms with Crippen molar-refractivity contribution < 1.29 is 19.7 Å². The van der Waals surface area contributed by atoms with Gasteiger partial charge >= 0.3 is 165 Å². The first-order valence-corrected chi connectivity index (χ1v) is 9.34. The van der Waals surface area contributed by atoms with Gasteiger partial charge in [-0.15, -0.1) is 0 Å². The number of fused-ring (bicyclic) bond motifs is 1. The van der Waals surface area contributed by atoms with Gasteiger partial charge in [-0.05, 0) is 0 Å². The molecule has 0 bridgehead atoms. The molecule has 0 aromatic heterocycles. The second-order valence-electron chi connectivity index (χ2n) is 6.83. The quantitative estimate of drug-likeness (QED) is 0.451. The summed E-state index contributed by atoms with van der Waals surface area (Å²) in [5.41, 5.74) is 2.21. The first-order valence-electron chi connectivity index (χ1n) is 9.34. The van der Waals surface area contributed by atoms with Crippen LogP contribution in [0, 0.1) is 0 Å². The molecule has 5 heteroatoms. The Hall–Kier alpha value is -3.08. The number of carbonyl (C=O) groups excluding carboxylic acids is 1. The zero-order chi connectivity index (χ0) is 19.9. The number of phenols is 2. The summed E-state index contributed by atoms with van der Waals surface area (Å²) in [5, 5.41) is 20.2. The Morgan fingerprint density at radius 2 is 1.75 bits per heavy atom. The van der Waals surface area contributed by atoms with Gasteiger partial charge in [-0.3, -0.25) is 0 Å². The zero-order valence-electron chi connectivity index (χ0n) is 15.7. The van der Waals surface area contributed by atoms with Crippen LogP contribution in [0.15, 0.2) is 66.8 Å². The fraction of sp³-hybridized carbons (Fsp3) is 0.217. The maximum atomic E-state index is 13.0. The van der Waals surface area contributed by atoms with E-state index in [9.17, 15) is 15.0 Å². The number of benzene rings is 2. The van der Waals surface area contributed by atoms with Crippen molar-refractivity contribution >= 4 is 18.9 Å². The summed E-state index contributed by atoms with van der Waals surface area (Å²) in [7, 11) is 4.01. The van der Waals surface area contributed by atoms with Gasteiger partial charge in [0.15, 0.2) is 0 Å². The number of allylic oxidation sites excluding steroid dienone is 3.